The van der Waals surface area contributed by atoms with Gasteiger partial charge in [-0.05, 0) is 49.6 Å². The molecule has 0 amide bonds. The first-order valence-corrected chi connectivity index (χ1v) is 16.3. The Kier molecular flexibility index (Phi) is 13.2. The SMILES string of the molecule is C=CCN(CCc1c(/C=C/CC(C(=O)OC)C(=O)C(=O)OC)n(S(=O)(=O)c2ccc(C)cc2)c2ccccc12)/C(=C/C(=O)OC)C(=O)OC. The molecule has 2 aromatic carbocycles. The molecule has 1 unspecified atom stereocenters. The summed E-state index contributed by atoms with van der Waals surface area (Å²) < 4.78 is 48.6. The third-order valence-electron chi connectivity index (χ3n) is 7.54. The highest BCUT2D eigenvalue weighted by molar-refractivity contribution is 7.90. The summed E-state index contributed by atoms with van der Waals surface area (Å²) in [6.07, 6.45) is 5.17. The van der Waals surface area contributed by atoms with Crippen LogP contribution in [0.5, 0.6) is 0 Å². The van der Waals surface area contributed by atoms with Crippen LogP contribution in [0, 0.1) is 12.8 Å². The quantitative estimate of drug-likeness (QED) is 0.0537. The van der Waals surface area contributed by atoms with Crippen LogP contribution in [0.2, 0.25) is 0 Å². The third-order valence-corrected chi connectivity index (χ3v) is 9.29. The summed E-state index contributed by atoms with van der Waals surface area (Å²) in [5.74, 6) is -6.47. The molecule has 0 saturated heterocycles. The van der Waals surface area contributed by atoms with Crippen LogP contribution < -0.4 is 0 Å². The average molecular weight is 695 g/mol. The highest BCUT2D eigenvalue weighted by Crippen LogP contribution is 2.33. The Morgan fingerprint density at radius 2 is 1.55 bits per heavy atom. The molecule has 1 heterocycles. The molecule has 0 bridgehead atoms. The van der Waals surface area contributed by atoms with Crippen LogP contribution in [-0.4, -0.2) is 88.5 Å². The maximum atomic E-state index is 14.3. The number of hydrogen-bond acceptors (Lipinski definition) is 12. The number of esters is 4. The number of hydrogen-bond donors (Lipinski definition) is 0. The average Bonchev–Trinajstić information content (AvgIpc) is 3.43. The number of carbonyl (C=O) groups excluding carboxylic acids is 5. The van der Waals surface area contributed by atoms with E-state index in [0.29, 0.717) is 16.5 Å². The molecule has 13 nitrogen and oxygen atoms in total. The maximum Gasteiger partial charge on any atom is 0.375 e. The zero-order chi connectivity index (χ0) is 36.3. The van der Waals surface area contributed by atoms with Crippen LogP contribution >= 0.6 is 0 Å². The van der Waals surface area contributed by atoms with E-state index in [-0.39, 0.29) is 42.2 Å². The Hall–Kier alpha value is -5.50. The number of methoxy groups -OCH3 is 4. The normalized spacial score (nSPS) is 12.3. The number of nitrogens with zero attached hydrogens (tertiary/aromatic N) is 2. The molecule has 0 fully saturated rings. The first-order valence-electron chi connectivity index (χ1n) is 14.9. The van der Waals surface area contributed by atoms with E-state index in [1.807, 2.05) is 6.92 Å². The Morgan fingerprint density at radius 3 is 2.14 bits per heavy atom. The number of rotatable bonds is 16. The molecule has 0 radical (unpaired) electrons. The highest BCUT2D eigenvalue weighted by atomic mass is 32.2. The van der Waals surface area contributed by atoms with Gasteiger partial charge in [0.05, 0.1) is 50.6 Å². The van der Waals surface area contributed by atoms with Gasteiger partial charge in [0.15, 0.2) is 0 Å². The number of ether oxygens (including phenoxy) is 4. The number of aryl methyl sites for hydroxylation is 1. The van der Waals surface area contributed by atoms with Gasteiger partial charge in [0.1, 0.15) is 11.6 Å². The second kappa shape index (κ2) is 17.1. The van der Waals surface area contributed by atoms with E-state index in [1.165, 1.54) is 42.4 Å². The molecule has 49 heavy (non-hydrogen) atoms. The molecule has 260 valence electrons. The standard InChI is InChI=1S/C35H38N2O11S/c1-7-20-36(30(34(41)47-5)22-31(38)45-3)21-19-26-25-11-8-9-13-28(25)37(49(43,44)24-17-15-23(2)16-18-24)29(26)14-10-12-27(33(40)46-4)32(39)35(42)48-6/h7-11,13-18,22,27H,1,12,19-21H2,2-6H3/b14-10+,30-22+. The van der Waals surface area contributed by atoms with Crippen molar-refractivity contribution in [1.29, 1.82) is 0 Å². The maximum absolute atomic E-state index is 14.3. The Bertz CT molecular complexity index is 1900. The Labute approximate surface area is 284 Å². The second-order valence-corrected chi connectivity index (χ2v) is 12.3. The molecule has 0 saturated carbocycles. The molecule has 0 spiro atoms. The van der Waals surface area contributed by atoms with Crippen LogP contribution in [-0.2, 0) is 59.4 Å². The van der Waals surface area contributed by atoms with Gasteiger partial charge in [0.25, 0.3) is 15.8 Å². The van der Waals surface area contributed by atoms with Gasteiger partial charge in [-0.2, -0.15) is 0 Å². The van der Waals surface area contributed by atoms with E-state index in [1.54, 1.807) is 36.4 Å². The molecular formula is C35H38N2O11S. The number of fused-ring (bicyclic) bond motifs is 1. The van der Waals surface area contributed by atoms with Crippen LogP contribution in [0.1, 0.15) is 23.2 Å². The summed E-state index contributed by atoms with van der Waals surface area (Å²) in [6.45, 7) is 5.76. The van der Waals surface area contributed by atoms with Crippen molar-refractivity contribution in [2.45, 2.75) is 24.7 Å². The fraction of sp³-hybridized carbons (Fsp3) is 0.286. The minimum Gasteiger partial charge on any atom is -0.468 e. The van der Waals surface area contributed by atoms with Crippen molar-refractivity contribution in [3.63, 3.8) is 0 Å². The molecule has 3 rings (SSSR count). The van der Waals surface area contributed by atoms with Gasteiger partial charge in [0, 0.05) is 18.5 Å². The molecule has 0 aliphatic carbocycles. The lowest BCUT2D eigenvalue weighted by Crippen LogP contribution is -2.31. The van der Waals surface area contributed by atoms with E-state index in [4.69, 9.17) is 14.2 Å². The molecular weight excluding hydrogens is 656 g/mol. The van der Waals surface area contributed by atoms with Gasteiger partial charge in [-0.1, -0.05) is 48.0 Å². The number of aromatic nitrogens is 1. The van der Waals surface area contributed by atoms with Crippen molar-refractivity contribution in [3.05, 3.63) is 95.9 Å². The highest BCUT2D eigenvalue weighted by Gasteiger charge is 2.33. The molecule has 3 aromatic rings. The van der Waals surface area contributed by atoms with E-state index in [0.717, 1.165) is 36.9 Å². The summed E-state index contributed by atoms with van der Waals surface area (Å²) in [5, 5.41) is 0.558. The summed E-state index contributed by atoms with van der Waals surface area (Å²) >= 11 is 0. The van der Waals surface area contributed by atoms with Crippen molar-refractivity contribution < 1.29 is 51.3 Å². The summed E-state index contributed by atoms with van der Waals surface area (Å²) in [6, 6.07) is 13.1. The molecule has 1 aromatic heterocycles. The van der Waals surface area contributed by atoms with Gasteiger partial charge >= 0.3 is 23.9 Å². The fourth-order valence-electron chi connectivity index (χ4n) is 5.08. The lowest BCUT2D eigenvalue weighted by atomic mass is 9.99. The number of Topliss-reactive ketones (excluding diaryl/α,β-unsaturated/α-hetero) is 1. The molecule has 14 heteroatoms. The number of allylic oxidation sites excluding steroid dienone is 1. The topological polar surface area (TPSA) is 165 Å². The number of ketones is 1. The third kappa shape index (κ3) is 8.70. The van der Waals surface area contributed by atoms with E-state index in [9.17, 15) is 32.4 Å². The lowest BCUT2D eigenvalue weighted by Gasteiger charge is -2.24. The summed E-state index contributed by atoms with van der Waals surface area (Å²) in [4.78, 5) is 63.5. The van der Waals surface area contributed by atoms with E-state index < -0.39 is 45.6 Å². The Balaban J connectivity index is 2.27. The minimum absolute atomic E-state index is 0.00984. The van der Waals surface area contributed by atoms with Crippen molar-refractivity contribution in [2.75, 3.05) is 41.5 Å². The fourth-order valence-corrected chi connectivity index (χ4v) is 6.62. The predicted molar refractivity (Wildman–Crippen MR) is 179 cm³/mol. The summed E-state index contributed by atoms with van der Waals surface area (Å²) in [7, 11) is 0.162. The van der Waals surface area contributed by atoms with Gasteiger partial charge < -0.3 is 23.8 Å². The van der Waals surface area contributed by atoms with Crippen molar-refractivity contribution >= 4 is 56.7 Å². The van der Waals surface area contributed by atoms with Gasteiger partial charge in [-0.25, -0.2) is 26.8 Å². The Morgan fingerprint density at radius 1 is 0.898 bits per heavy atom. The monoisotopic (exact) mass is 694 g/mol. The first kappa shape index (κ1) is 38.0. The van der Waals surface area contributed by atoms with E-state index in [2.05, 4.69) is 11.3 Å². The number of para-hydroxylation sites is 1. The van der Waals surface area contributed by atoms with Gasteiger partial charge in [-0.3, -0.25) is 9.59 Å². The minimum atomic E-state index is -4.24. The van der Waals surface area contributed by atoms with Crippen molar-refractivity contribution in [1.82, 2.24) is 8.87 Å². The molecule has 0 N–H and O–H groups in total. The molecule has 0 aliphatic heterocycles. The smallest absolute Gasteiger partial charge is 0.375 e. The van der Waals surface area contributed by atoms with Crippen LogP contribution in [0.15, 0.2) is 83.9 Å². The molecule has 1 atom stereocenters. The zero-order valence-electron chi connectivity index (χ0n) is 27.8. The number of benzene rings is 2. The first-order chi connectivity index (χ1) is 23.4. The van der Waals surface area contributed by atoms with Crippen molar-refractivity contribution in [3.8, 4) is 0 Å². The van der Waals surface area contributed by atoms with Gasteiger partial charge in [-0.15, -0.1) is 6.58 Å². The largest absolute Gasteiger partial charge is 0.468 e. The second-order valence-electron chi connectivity index (χ2n) is 10.6. The summed E-state index contributed by atoms with van der Waals surface area (Å²) in [5.41, 5.74) is 1.79. The molecule has 0 aliphatic rings. The predicted octanol–water partition coefficient (Wildman–Crippen LogP) is 3.38. The lowest BCUT2D eigenvalue weighted by molar-refractivity contribution is -0.159. The van der Waals surface area contributed by atoms with Crippen LogP contribution in [0.4, 0.5) is 0 Å². The van der Waals surface area contributed by atoms with Crippen LogP contribution in [0.25, 0.3) is 17.0 Å². The van der Waals surface area contributed by atoms with Gasteiger partial charge in [0.2, 0.25) is 0 Å². The number of carbonyl (C=O) groups is 5. The van der Waals surface area contributed by atoms with Crippen molar-refractivity contribution in [2.24, 2.45) is 5.92 Å². The van der Waals surface area contributed by atoms with E-state index >= 15 is 0 Å². The zero-order valence-corrected chi connectivity index (χ0v) is 28.7. The van der Waals surface area contributed by atoms with Crippen LogP contribution in [0.3, 0.4) is 0 Å².